The highest BCUT2D eigenvalue weighted by Gasteiger charge is 2.23. The van der Waals surface area contributed by atoms with E-state index in [1.165, 1.54) is 12.1 Å². The highest BCUT2D eigenvalue weighted by atomic mass is 79.9. The van der Waals surface area contributed by atoms with E-state index in [-0.39, 0.29) is 11.9 Å². The number of hydrogen-bond acceptors (Lipinski definition) is 1. The zero-order chi connectivity index (χ0) is 12.3. The number of benzene rings is 1. The van der Waals surface area contributed by atoms with Crippen LogP contribution in [0.2, 0.25) is 0 Å². The van der Waals surface area contributed by atoms with Crippen LogP contribution in [0.15, 0.2) is 22.7 Å². The number of piperidine rings is 1. The minimum absolute atomic E-state index is 0.0549. The Labute approximate surface area is 109 Å². The van der Waals surface area contributed by atoms with E-state index in [9.17, 15) is 8.78 Å². The predicted octanol–water partition coefficient (Wildman–Crippen LogP) is 3.61. The van der Waals surface area contributed by atoms with Crippen molar-refractivity contribution in [3.05, 3.63) is 34.1 Å². The first kappa shape index (κ1) is 13.0. The van der Waals surface area contributed by atoms with Crippen molar-refractivity contribution in [3.8, 4) is 0 Å². The Bertz CT molecular complexity index is 378. The summed E-state index contributed by atoms with van der Waals surface area (Å²) in [4.78, 5) is 0. The Kier molecular flexibility index (Phi) is 4.51. The summed E-state index contributed by atoms with van der Waals surface area (Å²) in [5, 5.41) is 3.21. The molecule has 1 heterocycles. The summed E-state index contributed by atoms with van der Waals surface area (Å²) in [6.45, 7) is 0.898. The predicted molar refractivity (Wildman–Crippen MR) is 68.3 cm³/mol. The lowest BCUT2D eigenvalue weighted by Gasteiger charge is -2.26. The summed E-state index contributed by atoms with van der Waals surface area (Å²) in [5.41, 5.74) is 0.825. The fourth-order valence-electron chi connectivity index (χ4n) is 2.23. The first-order valence-corrected chi connectivity index (χ1v) is 6.77. The maximum Gasteiger partial charge on any atom is 0.124 e. The lowest BCUT2D eigenvalue weighted by molar-refractivity contribution is 0.217. The van der Waals surface area contributed by atoms with Crippen LogP contribution in [0.1, 0.15) is 24.8 Å². The van der Waals surface area contributed by atoms with Crippen molar-refractivity contribution in [2.24, 2.45) is 0 Å². The molecule has 4 heteroatoms. The molecule has 0 aliphatic carbocycles. The lowest BCUT2D eigenvalue weighted by Crippen LogP contribution is -2.42. The Balaban J connectivity index is 1.99. The lowest BCUT2D eigenvalue weighted by atomic mass is 9.96. The van der Waals surface area contributed by atoms with Crippen LogP contribution in [0.25, 0.3) is 0 Å². The molecule has 0 bridgehead atoms. The number of rotatable bonds is 3. The summed E-state index contributed by atoms with van der Waals surface area (Å²) >= 11 is 3.27. The molecule has 0 spiro atoms. The molecule has 1 saturated heterocycles. The fraction of sp³-hybridized carbons (Fsp3) is 0.538. The van der Waals surface area contributed by atoms with Gasteiger partial charge < -0.3 is 5.32 Å². The topological polar surface area (TPSA) is 12.0 Å². The van der Waals surface area contributed by atoms with Gasteiger partial charge in [-0.1, -0.05) is 28.4 Å². The quantitative estimate of drug-likeness (QED) is 0.899. The molecule has 1 aliphatic rings. The molecule has 1 aromatic carbocycles. The first-order valence-electron chi connectivity index (χ1n) is 5.98. The van der Waals surface area contributed by atoms with E-state index in [1.54, 1.807) is 6.07 Å². The molecule has 0 amide bonds. The van der Waals surface area contributed by atoms with Crippen molar-refractivity contribution in [2.45, 2.75) is 37.9 Å². The van der Waals surface area contributed by atoms with Crippen LogP contribution in [0.4, 0.5) is 8.78 Å². The molecule has 1 N–H and O–H groups in total. The standard InChI is InChI=1S/C13H16BrF2N/c14-11-8-10(15)5-4-9(11)7-12(16)13-3-1-2-6-17-13/h4-5,8,12-13,17H,1-3,6-7H2. The van der Waals surface area contributed by atoms with E-state index in [0.717, 1.165) is 31.4 Å². The van der Waals surface area contributed by atoms with Gasteiger partial charge in [0.15, 0.2) is 0 Å². The van der Waals surface area contributed by atoms with E-state index in [4.69, 9.17) is 0 Å². The highest BCUT2D eigenvalue weighted by Crippen LogP contribution is 2.23. The van der Waals surface area contributed by atoms with Crippen molar-refractivity contribution in [1.29, 1.82) is 0 Å². The molecular formula is C13H16BrF2N. The van der Waals surface area contributed by atoms with Crippen LogP contribution in [0.3, 0.4) is 0 Å². The number of hydrogen-bond donors (Lipinski definition) is 1. The van der Waals surface area contributed by atoms with Gasteiger partial charge in [-0.3, -0.25) is 0 Å². The fourth-order valence-corrected chi connectivity index (χ4v) is 2.74. The third-order valence-corrected chi connectivity index (χ3v) is 3.95. The second kappa shape index (κ2) is 5.91. The van der Waals surface area contributed by atoms with E-state index in [0.29, 0.717) is 10.9 Å². The number of alkyl halides is 1. The van der Waals surface area contributed by atoms with E-state index < -0.39 is 6.17 Å². The molecule has 0 aromatic heterocycles. The maximum atomic E-state index is 14.1. The van der Waals surface area contributed by atoms with Crippen LogP contribution in [0.5, 0.6) is 0 Å². The molecule has 1 aromatic rings. The second-order valence-electron chi connectivity index (χ2n) is 4.51. The highest BCUT2D eigenvalue weighted by molar-refractivity contribution is 9.10. The molecule has 1 aliphatic heterocycles. The zero-order valence-corrected chi connectivity index (χ0v) is 11.1. The summed E-state index contributed by atoms with van der Waals surface area (Å²) < 4.78 is 27.6. The average molecular weight is 304 g/mol. The van der Waals surface area contributed by atoms with E-state index >= 15 is 0 Å². The SMILES string of the molecule is Fc1ccc(CC(F)C2CCCCN2)c(Br)c1. The molecule has 2 unspecified atom stereocenters. The van der Waals surface area contributed by atoms with E-state index in [2.05, 4.69) is 21.2 Å². The molecule has 17 heavy (non-hydrogen) atoms. The van der Waals surface area contributed by atoms with Gasteiger partial charge in [0, 0.05) is 16.9 Å². The second-order valence-corrected chi connectivity index (χ2v) is 5.37. The van der Waals surface area contributed by atoms with Crippen LogP contribution in [0, 0.1) is 5.82 Å². The smallest absolute Gasteiger partial charge is 0.124 e. The molecule has 2 rings (SSSR count). The normalized spacial score (nSPS) is 22.4. The molecule has 94 valence electrons. The minimum Gasteiger partial charge on any atom is -0.311 e. The van der Waals surface area contributed by atoms with Crippen LogP contribution < -0.4 is 5.32 Å². The van der Waals surface area contributed by atoms with Gasteiger partial charge in [-0.25, -0.2) is 8.78 Å². The van der Waals surface area contributed by atoms with Crippen molar-refractivity contribution < 1.29 is 8.78 Å². The summed E-state index contributed by atoms with van der Waals surface area (Å²) in [5.74, 6) is -0.299. The third-order valence-electron chi connectivity index (χ3n) is 3.22. The third kappa shape index (κ3) is 3.49. The van der Waals surface area contributed by atoms with Crippen LogP contribution >= 0.6 is 15.9 Å². The summed E-state index contributed by atoms with van der Waals surface area (Å²) in [6.07, 6.45) is 2.53. The van der Waals surface area contributed by atoms with Gasteiger partial charge in [-0.15, -0.1) is 0 Å². The van der Waals surface area contributed by atoms with Crippen molar-refractivity contribution in [2.75, 3.05) is 6.54 Å². The molecule has 1 fully saturated rings. The van der Waals surface area contributed by atoms with Gasteiger partial charge in [-0.05, 0) is 37.1 Å². The van der Waals surface area contributed by atoms with Crippen molar-refractivity contribution in [3.63, 3.8) is 0 Å². The average Bonchev–Trinajstić information content (AvgIpc) is 2.34. The monoisotopic (exact) mass is 303 g/mol. The Hall–Kier alpha value is -0.480. The van der Waals surface area contributed by atoms with Crippen LogP contribution in [-0.2, 0) is 6.42 Å². The van der Waals surface area contributed by atoms with Gasteiger partial charge in [0.2, 0.25) is 0 Å². The van der Waals surface area contributed by atoms with Gasteiger partial charge in [0.1, 0.15) is 12.0 Å². The largest absolute Gasteiger partial charge is 0.311 e. The Morgan fingerprint density at radius 3 is 2.88 bits per heavy atom. The molecule has 0 saturated carbocycles. The molecule has 1 nitrogen and oxygen atoms in total. The zero-order valence-electron chi connectivity index (χ0n) is 9.56. The molecule has 2 atom stereocenters. The van der Waals surface area contributed by atoms with E-state index in [1.807, 2.05) is 0 Å². The van der Waals surface area contributed by atoms with Gasteiger partial charge in [0.25, 0.3) is 0 Å². The Morgan fingerprint density at radius 2 is 2.24 bits per heavy atom. The van der Waals surface area contributed by atoms with Gasteiger partial charge in [0.05, 0.1) is 0 Å². The molecule has 0 radical (unpaired) electrons. The number of halogens is 3. The maximum absolute atomic E-state index is 14.1. The van der Waals surface area contributed by atoms with Crippen molar-refractivity contribution >= 4 is 15.9 Å². The van der Waals surface area contributed by atoms with Crippen molar-refractivity contribution in [1.82, 2.24) is 5.32 Å². The first-order chi connectivity index (χ1) is 8.16. The minimum atomic E-state index is -0.905. The number of nitrogens with one attached hydrogen (secondary N) is 1. The Morgan fingerprint density at radius 1 is 1.41 bits per heavy atom. The summed E-state index contributed by atoms with van der Waals surface area (Å²) in [6, 6.07) is 4.35. The van der Waals surface area contributed by atoms with Crippen LogP contribution in [-0.4, -0.2) is 18.8 Å². The summed E-state index contributed by atoms with van der Waals surface area (Å²) in [7, 11) is 0. The van der Waals surface area contributed by atoms with Gasteiger partial charge >= 0.3 is 0 Å². The van der Waals surface area contributed by atoms with Gasteiger partial charge in [-0.2, -0.15) is 0 Å². The molecular weight excluding hydrogens is 288 g/mol.